The van der Waals surface area contributed by atoms with Gasteiger partial charge in [0.1, 0.15) is 6.33 Å². The monoisotopic (exact) mass is 232 g/mol. The third-order valence-electron chi connectivity index (χ3n) is 2.13. The Morgan fingerprint density at radius 1 is 1.33 bits per heavy atom. The van der Waals surface area contributed by atoms with Gasteiger partial charge in [-0.05, 0) is 0 Å². The molecule has 0 fully saturated rings. The highest BCUT2D eigenvalue weighted by Gasteiger charge is 2.37. The summed E-state index contributed by atoms with van der Waals surface area (Å²) in [5.41, 5.74) is 5.39. The van der Waals surface area contributed by atoms with Gasteiger partial charge in [-0.3, -0.25) is 4.68 Å². The first kappa shape index (κ1) is 12.1. The van der Waals surface area contributed by atoms with E-state index in [4.69, 9.17) is 19.0 Å². The van der Waals surface area contributed by atoms with Gasteiger partial charge < -0.3 is 19.0 Å². The van der Waals surface area contributed by atoms with Crippen molar-refractivity contribution >= 4 is 14.8 Å². The van der Waals surface area contributed by atoms with Crippen LogP contribution in [0.25, 0.3) is 0 Å². The lowest BCUT2D eigenvalue weighted by molar-refractivity contribution is 0.122. The fourth-order valence-corrected chi connectivity index (χ4v) is 2.84. The molecule has 7 nitrogen and oxygen atoms in total. The molecule has 0 radical (unpaired) electrons. The van der Waals surface area contributed by atoms with Crippen LogP contribution in [0.1, 0.15) is 0 Å². The van der Waals surface area contributed by atoms with Gasteiger partial charge in [0.05, 0.1) is 0 Å². The second kappa shape index (κ2) is 5.21. The largest absolute Gasteiger partial charge is 0.502 e. The fourth-order valence-electron chi connectivity index (χ4n) is 1.22. The highest BCUT2D eigenvalue weighted by atomic mass is 28.4. The fraction of sp³-hybridized carbons (Fsp3) is 0.714. The van der Waals surface area contributed by atoms with Gasteiger partial charge in [-0.2, -0.15) is 0 Å². The predicted octanol–water partition coefficient (Wildman–Crippen LogP) is -0.262. The second-order valence-corrected chi connectivity index (χ2v) is 6.00. The molecule has 0 bridgehead atoms. The van der Waals surface area contributed by atoms with E-state index in [1.54, 1.807) is 32.3 Å². The molecule has 0 aliphatic rings. The van der Waals surface area contributed by atoms with Crippen molar-refractivity contribution in [2.75, 3.05) is 27.1 Å². The topological polar surface area (TPSA) is 84.4 Å². The van der Waals surface area contributed by atoms with E-state index in [1.165, 1.54) is 0 Å². The molecule has 15 heavy (non-hydrogen) atoms. The molecule has 2 N–H and O–H groups in total. The quantitative estimate of drug-likeness (QED) is 0.680. The van der Waals surface area contributed by atoms with Crippen LogP contribution in [0.3, 0.4) is 0 Å². The van der Waals surface area contributed by atoms with Crippen LogP contribution in [0, 0.1) is 0 Å². The molecular weight excluding hydrogens is 216 g/mol. The number of nitrogen functional groups attached to an aromatic ring is 1. The lowest BCUT2D eigenvalue weighted by Gasteiger charge is -2.23. The van der Waals surface area contributed by atoms with Crippen LogP contribution in [0.4, 0.5) is 5.95 Å². The van der Waals surface area contributed by atoms with E-state index in [0.29, 0.717) is 12.6 Å². The normalized spacial score (nSPS) is 11.9. The molecule has 1 aromatic rings. The summed E-state index contributed by atoms with van der Waals surface area (Å²) in [6.45, 7) is 0.603. The summed E-state index contributed by atoms with van der Waals surface area (Å²) >= 11 is 0. The number of rotatable bonds is 6. The van der Waals surface area contributed by atoms with Crippen molar-refractivity contribution in [3.63, 3.8) is 0 Å². The number of hydrogen-bond donors (Lipinski definition) is 1. The third kappa shape index (κ3) is 2.99. The molecule has 0 atom stereocenters. The van der Waals surface area contributed by atoms with Crippen LogP contribution in [0.2, 0.25) is 6.04 Å². The number of aromatic nitrogens is 3. The molecule has 1 heterocycles. The van der Waals surface area contributed by atoms with Crippen molar-refractivity contribution in [2.45, 2.75) is 12.6 Å². The molecule has 0 saturated carbocycles. The number of anilines is 1. The maximum absolute atomic E-state index is 5.39. The van der Waals surface area contributed by atoms with Gasteiger partial charge in [0.2, 0.25) is 5.95 Å². The highest BCUT2D eigenvalue weighted by Crippen LogP contribution is 2.13. The maximum atomic E-state index is 5.39. The maximum Gasteiger partial charge on any atom is 0.502 e. The molecule has 0 aliphatic carbocycles. The number of nitrogens with zero attached hydrogens (tertiary/aromatic N) is 3. The number of nitrogens with two attached hydrogens (primary N) is 1. The van der Waals surface area contributed by atoms with Crippen LogP contribution >= 0.6 is 0 Å². The van der Waals surface area contributed by atoms with Crippen LogP contribution in [0.5, 0.6) is 0 Å². The Hall–Kier alpha value is -0.963. The molecule has 0 spiro atoms. The molecule has 8 heteroatoms. The van der Waals surface area contributed by atoms with Crippen molar-refractivity contribution in [3.8, 4) is 0 Å². The van der Waals surface area contributed by atoms with E-state index in [2.05, 4.69) is 10.1 Å². The van der Waals surface area contributed by atoms with Gasteiger partial charge in [-0.25, -0.2) is 4.98 Å². The SMILES string of the molecule is CO[Si](CCn1cnc(N)n1)(OC)OC. The Labute approximate surface area is 89.5 Å². The summed E-state index contributed by atoms with van der Waals surface area (Å²) in [4.78, 5) is 3.82. The molecule has 1 aromatic heterocycles. The smallest absolute Gasteiger partial charge is 0.377 e. The van der Waals surface area contributed by atoms with Crippen molar-refractivity contribution in [2.24, 2.45) is 0 Å². The van der Waals surface area contributed by atoms with E-state index in [1.807, 2.05) is 0 Å². The van der Waals surface area contributed by atoms with E-state index < -0.39 is 8.80 Å². The van der Waals surface area contributed by atoms with E-state index in [-0.39, 0.29) is 5.95 Å². The van der Waals surface area contributed by atoms with Crippen LogP contribution in [-0.2, 0) is 19.8 Å². The lowest BCUT2D eigenvalue weighted by Crippen LogP contribution is -2.43. The van der Waals surface area contributed by atoms with E-state index in [9.17, 15) is 0 Å². The second-order valence-electron chi connectivity index (χ2n) is 2.91. The van der Waals surface area contributed by atoms with E-state index in [0.717, 1.165) is 0 Å². The first-order chi connectivity index (χ1) is 7.15. The minimum atomic E-state index is -2.52. The number of aryl methyl sites for hydroxylation is 1. The van der Waals surface area contributed by atoms with Crippen molar-refractivity contribution in [3.05, 3.63) is 6.33 Å². The zero-order valence-electron chi connectivity index (χ0n) is 9.14. The summed E-state index contributed by atoms with van der Waals surface area (Å²) in [7, 11) is 2.21. The Balaban J connectivity index is 2.54. The average Bonchev–Trinajstić information content (AvgIpc) is 2.67. The average molecular weight is 232 g/mol. The molecule has 1 rings (SSSR count). The zero-order chi connectivity index (χ0) is 11.3. The summed E-state index contributed by atoms with van der Waals surface area (Å²) in [6, 6.07) is 0.624. The van der Waals surface area contributed by atoms with Crippen LogP contribution in [0.15, 0.2) is 6.33 Å². The zero-order valence-corrected chi connectivity index (χ0v) is 10.1. The van der Waals surface area contributed by atoms with Crippen LogP contribution in [-0.4, -0.2) is 44.9 Å². The summed E-state index contributed by atoms with van der Waals surface area (Å²) in [5, 5.41) is 3.96. The Morgan fingerprint density at radius 2 is 1.93 bits per heavy atom. The van der Waals surface area contributed by atoms with Crippen molar-refractivity contribution in [1.29, 1.82) is 0 Å². The molecule has 0 aromatic carbocycles. The molecule has 0 unspecified atom stereocenters. The van der Waals surface area contributed by atoms with Crippen LogP contribution < -0.4 is 5.73 Å². The summed E-state index contributed by atoms with van der Waals surface area (Å²) in [5.74, 6) is 0.259. The summed E-state index contributed by atoms with van der Waals surface area (Å²) < 4.78 is 17.4. The predicted molar refractivity (Wildman–Crippen MR) is 56.0 cm³/mol. The third-order valence-corrected chi connectivity index (χ3v) is 4.84. The summed E-state index contributed by atoms with van der Waals surface area (Å²) in [6.07, 6.45) is 1.56. The Kier molecular flexibility index (Phi) is 4.21. The van der Waals surface area contributed by atoms with Gasteiger partial charge in [0.25, 0.3) is 0 Å². The van der Waals surface area contributed by atoms with Gasteiger partial charge in [0, 0.05) is 33.9 Å². The molecule has 0 amide bonds. The molecular formula is C7H16N4O3Si. The van der Waals surface area contributed by atoms with E-state index >= 15 is 0 Å². The van der Waals surface area contributed by atoms with Crippen molar-refractivity contribution in [1.82, 2.24) is 14.8 Å². The minimum Gasteiger partial charge on any atom is -0.377 e. The first-order valence-electron chi connectivity index (χ1n) is 4.46. The van der Waals surface area contributed by atoms with Gasteiger partial charge in [0.15, 0.2) is 0 Å². The standard InChI is InChI=1S/C7H16N4O3Si/c1-12-15(13-2,14-3)5-4-11-6-9-7(8)10-11/h6H,4-5H2,1-3H3,(H2,8,10). The molecule has 0 aliphatic heterocycles. The molecule has 0 saturated heterocycles. The Bertz CT molecular complexity index is 294. The van der Waals surface area contributed by atoms with Crippen molar-refractivity contribution < 1.29 is 13.3 Å². The van der Waals surface area contributed by atoms with Gasteiger partial charge in [-0.1, -0.05) is 0 Å². The first-order valence-corrected chi connectivity index (χ1v) is 6.39. The molecule has 86 valence electrons. The van der Waals surface area contributed by atoms with Gasteiger partial charge in [-0.15, -0.1) is 5.10 Å². The van der Waals surface area contributed by atoms with Gasteiger partial charge >= 0.3 is 8.80 Å². The lowest BCUT2D eigenvalue weighted by atomic mass is 10.8. The number of hydrogen-bond acceptors (Lipinski definition) is 6. The highest BCUT2D eigenvalue weighted by molar-refractivity contribution is 6.60. The Morgan fingerprint density at radius 3 is 2.33 bits per heavy atom. The minimum absolute atomic E-state index is 0.259.